The van der Waals surface area contributed by atoms with Crippen LogP contribution in [0.1, 0.15) is 33.6 Å². The van der Waals surface area contributed by atoms with Gasteiger partial charge in [-0.05, 0) is 31.0 Å². The van der Waals surface area contributed by atoms with Crippen LogP contribution in [-0.2, 0) is 0 Å². The molecule has 0 atom stereocenters. The van der Waals surface area contributed by atoms with E-state index >= 15 is 0 Å². The number of aromatic carboxylic acids is 1. The molecule has 3 nitrogen and oxygen atoms in total. The zero-order valence-corrected chi connectivity index (χ0v) is 9.45. The van der Waals surface area contributed by atoms with Gasteiger partial charge in [0, 0.05) is 16.0 Å². The van der Waals surface area contributed by atoms with E-state index in [9.17, 15) is 9.59 Å². The van der Waals surface area contributed by atoms with Crippen LogP contribution in [-0.4, -0.2) is 16.9 Å². The third-order valence-electron chi connectivity index (χ3n) is 2.43. The lowest BCUT2D eigenvalue weighted by molar-refractivity contribution is 0.0691. The van der Waals surface area contributed by atoms with Crippen molar-refractivity contribution < 1.29 is 14.7 Å². The van der Waals surface area contributed by atoms with E-state index in [1.165, 1.54) is 6.07 Å². The maximum absolute atomic E-state index is 11.8. The largest absolute Gasteiger partial charge is 0.478 e. The number of rotatable bonds is 3. The summed E-state index contributed by atoms with van der Waals surface area (Å²) in [5.74, 6) is -1.06. The first-order valence-corrected chi connectivity index (χ1v) is 5.46. The van der Waals surface area contributed by atoms with Crippen LogP contribution in [0.4, 0.5) is 0 Å². The Bertz CT molecular complexity index is 435. The Balaban J connectivity index is 2.46. The summed E-state index contributed by atoms with van der Waals surface area (Å²) < 4.78 is 0.733. The van der Waals surface area contributed by atoms with Crippen LogP contribution in [0.5, 0.6) is 0 Å². The average molecular weight is 269 g/mol. The van der Waals surface area contributed by atoms with Crippen molar-refractivity contribution in [3.8, 4) is 0 Å². The van der Waals surface area contributed by atoms with Crippen molar-refractivity contribution in [2.45, 2.75) is 12.8 Å². The van der Waals surface area contributed by atoms with Gasteiger partial charge in [0.1, 0.15) is 0 Å². The van der Waals surface area contributed by atoms with E-state index in [0.29, 0.717) is 5.56 Å². The van der Waals surface area contributed by atoms with Crippen molar-refractivity contribution in [3.05, 3.63) is 33.8 Å². The van der Waals surface area contributed by atoms with Crippen LogP contribution in [0.2, 0.25) is 0 Å². The van der Waals surface area contributed by atoms with Crippen LogP contribution in [0, 0.1) is 5.92 Å². The van der Waals surface area contributed by atoms with E-state index < -0.39 is 5.97 Å². The van der Waals surface area contributed by atoms with Gasteiger partial charge < -0.3 is 5.11 Å². The number of carbonyl (C=O) groups is 2. The lowest BCUT2D eigenvalue weighted by atomic mass is 10.0. The highest BCUT2D eigenvalue weighted by Crippen LogP contribution is 2.34. The zero-order chi connectivity index (χ0) is 11.0. The second-order valence-electron chi connectivity index (χ2n) is 3.63. The molecule has 0 amide bonds. The molecule has 0 unspecified atom stereocenters. The summed E-state index contributed by atoms with van der Waals surface area (Å²) in [6, 6.07) is 4.68. The number of hydrogen-bond acceptors (Lipinski definition) is 2. The lowest BCUT2D eigenvalue weighted by Crippen LogP contribution is -2.09. The van der Waals surface area contributed by atoms with Crippen LogP contribution >= 0.6 is 15.9 Å². The van der Waals surface area contributed by atoms with E-state index in [1.807, 2.05) is 0 Å². The van der Waals surface area contributed by atoms with Gasteiger partial charge in [-0.2, -0.15) is 0 Å². The molecule has 0 aliphatic heterocycles. The molecule has 15 heavy (non-hydrogen) atoms. The summed E-state index contributed by atoms with van der Waals surface area (Å²) in [5, 5.41) is 8.94. The highest BCUT2D eigenvalue weighted by molar-refractivity contribution is 9.10. The molecule has 1 aromatic rings. The van der Waals surface area contributed by atoms with Gasteiger partial charge in [-0.15, -0.1) is 0 Å². The first-order chi connectivity index (χ1) is 7.09. The summed E-state index contributed by atoms with van der Waals surface area (Å²) in [5.41, 5.74) is 0.412. The van der Waals surface area contributed by atoms with Crippen molar-refractivity contribution >= 4 is 27.7 Å². The molecule has 0 saturated heterocycles. The zero-order valence-electron chi connectivity index (χ0n) is 7.87. The van der Waals surface area contributed by atoms with E-state index in [0.717, 1.165) is 17.3 Å². The number of ketones is 1. The van der Waals surface area contributed by atoms with Gasteiger partial charge in [-0.1, -0.05) is 15.9 Å². The maximum atomic E-state index is 11.8. The Morgan fingerprint density at radius 2 is 1.93 bits per heavy atom. The standard InChI is InChI=1S/C11H9BrO3/c12-7-3-4-8(11(14)15)9(5-7)10(13)6-1-2-6/h3-6H,1-2H2,(H,14,15). The molecule has 2 rings (SSSR count). The quantitative estimate of drug-likeness (QED) is 0.858. The predicted octanol–water partition coefficient (Wildman–Crippen LogP) is 2.74. The minimum absolute atomic E-state index is 0.0393. The van der Waals surface area contributed by atoms with Crippen molar-refractivity contribution in [1.29, 1.82) is 0 Å². The SMILES string of the molecule is O=C(O)c1ccc(Br)cc1C(=O)C1CC1. The highest BCUT2D eigenvalue weighted by atomic mass is 79.9. The molecule has 0 aromatic heterocycles. The Morgan fingerprint density at radius 3 is 2.47 bits per heavy atom. The minimum Gasteiger partial charge on any atom is -0.478 e. The van der Waals surface area contributed by atoms with Crippen LogP contribution < -0.4 is 0 Å². The maximum Gasteiger partial charge on any atom is 0.336 e. The van der Waals surface area contributed by atoms with Gasteiger partial charge in [0.2, 0.25) is 0 Å². The average Bonchev–Trinajstić information content (AvgIpc) is 2.99. The van der Waals surface area contributed by atoms with Crippen LogP contribution in [0.15, 0.2) is 22.7 Å². The fourth-order valence-electron chi connectivity index (χ4n) is 1.47. The smallest absolute Gasteiger partial charge is 0.336 e. The number of carbonyl (C=O) groups excluding carboxylic acids is 1. The molecule has 0 spiro atoms. The number of carboxylic acid groups (broad SMARTS) is 1. The fraction of sp³-hybridized carbons (Fsp3) is 0.273. The molecular weight excluding hydrogens is 260 g/mol. The van der Waals surface area contributed by atoms with Crippen LogP contribution in [0.3, 0.4) is 0 Å². The normalized spacial score (nSPS) is 15.0. The van der Waals surface area contributed by atoms with Gasteiger partial charge >= 0.3 is 5.97 Å². The van der Waals surface area contributed by atoms with Gasteiger partial charge in [0.25, 0.3) is 0 Å². The number of carboxylic acids is 1. The molecule has 1 aliphatic rings. The number of hydrogen-bond donors (Lipinski definition) is 1. The summed E-state index contributed by atoms with van der Waals surface area (Å²) in [4.78, 5) is 22.7. The summed E-state index contributed by atoms with van der Waals surface area (Å²) in [7, 11) is 0. The predicted molar refractivity (Wildman–Crippen MR) is 58.2 cm³/mol. The Morgan fingerprint density at radius 1 is 1.27 bits per heavy atom. The summed E-state index contributed by atoms with van der Waals surface area (Å²) in [6.45, 7) is 0. The second kappa shape index (κ2) is 3.77. The van der Waals surface area contributed by atoms with E-state index in [-0.39, 0.29) is 17.3 Å². The van der Waals surface area contributed by atoms with E-state index in [4.69, 9.17) is 5.11 Å². The molecule has 4 heteroatoms. The molecular formula is C11H9BrO3. The molecule has 1 aromatic carbocycles. The Hall–Kier alpha value is -1.16. The third kappa shape index (κ3) is 2.09. The summed E-state index contributed by atoms with van der Waals surface area (Å²) in [6.07, 6.45) is 1.76. The molecule has 1 aliphatic carbocycles. The summed E-state index contributed by atoms with van der Waals surface area (Å²) >= 11 is 3.24. The highest BCUT2D eigenvalue weighted by Gasteiger charge is 2.32. The van der Waals surface area contributed by atoms with Crippen molar-refractivity contribution in [1.82, 2.24) is 0 Å². The molecule has 1 N–H and O–H groups in total. The molecule has 1 fully saturated rings. The molecule has 0 bridgehead atoms. The number of Topliss-reactive ketones (excluding diaryl/α,β-unsaturated/α-hetero) is 1. The van der Waals surface area contributed by atoms with Crippen LogP contribution in [0.25, 0.3) is 0 Å². The molecule has 0 radical (unpaired) electrons. The van der Waals surface area contributed by atoms with Gasteiger partial charge in [0.05, 0.1) is 5.56 Å². The Labute approximate surface area is 95.2 Å². The third-order valence-corrected chi connectivity index (χ3v) is 2.92. The fourth-order valence-corrected chi connectivity index (χ4v) is 1.83. The molecule has 78 valence electrons. The monoisotopic (exact) mass is 268 g/mol. The topological polar surface area (TPSA) is 54.4 Å². The Kier molecular flexibility index (Phi) is 2.61. The molecule has 1 saturated carbocycles. The van der Waals surface area contributed by atoms with Crippen molar-refractivity contribution in [2.75, 3.05) is 0 Å². The van der Waals surface area contributed by atoms with E-state index in [1.54, 1.807) is 12.1 Å². The van der Waals surface area contributed by atoms with Gasteiger partial charge in [-0.25, -0.2) is 4.79 Å². The molecule has 0 heterocycles. The number of benzene rings is 1. The number of halogens is 1. The second-order valence-corrected chi connectivity index (χ2v) is 4.55. The lowest BCUT2D eigenvalue weighted by Gasteiger charge is -2.04. The van der Waals surface area contributed by atoms with Crippen molar-refractivity contribution in [3.63, 3.8) is 0 Å². The van der Waals surface area contributed by atoms with Gasteiger partial charge in [0.15, 0.2) is 5.78 Å². The van der Waals surface area contributed by atoms with Crippen molar-refractivity contribution in [2.24, 2.45) is 5.92 Å². The van der Waals surface area contributed by atoms with E-state index in [2.05, 4.69) is 15.9 Å². The minimum atomic E-state index is -1.05. The van der Waals surface area contributed by atoms with Gasteiger partial charge in [-0.3, -0.25) is 4.79 Å². The first kappa shape index (κ1) is 10.4. The first-order valence-electron chi connectivity index (χ1n) is 4.66.